The number of aliphatic hydroxyl groups is 1. The maximum absolute atomic E-state index is 11.4. The topological polar surface area (TPSA) is 143 Å². The second-order valence-corrected chi connectivity index (χ2v) is 8.93. The molecule has 4 saturated carbocycles. The van der Waals surface area contributed by atoms with Crippen LogP contribution in [0.3, 0.4) is 0 Å². The largest absolute Gasteiger partial charge is 0.412 e. The lowest BCUT2D eigenvalue weighted by Crippen LogP contribution is -2.59. The van der Waals surface area contributed by atoms with Gasteiger partial charge in [0.05, 0.1) is 16.9 Å². The molecular formula is C20H22N6O3. The summed E-state index contributed by atoms with van der Waals surface area (Å²) in [5, 5.41) is 23.3. The van der Waals surface area contributed by atoms with E-state index in [2.05, 4.69) is 25.5 Å². The van der Waals surface area contributed by atoms with Crippen molar-refractivity contribution in [3.05, 3.63) is 24.4 Å². The highest BCUT2D eigenvalue weighted by atomic mass is 16.4. The maximum Gasteiger partial charge on any atom is 0.306 e. The van der Waals surface area contributed by atoms with Crippen LogP contribution in [0.2, 0.25) is 0 Å². The number of hydrogen-bond acceptors (Lipinski definition) is 7. The number of amides is 1. The fraction of sp³-hybridized carbons (Fsp3) is 0.500. The summed E-state index contributed by atoms with van der Waals surface area (Å²) in [6, 6.07) is 2.23. The first-order valence-electron chi connectivity index (χ1n) is 10.1. The fourth-order valence-electron chi connectivity index (χ4n) is 6.14. The third kappa shape index (κ3) is 2.57. The molecule has 3 unspecified atom stereocenters. The molecular weight excluding hydrogens is 372 g/mol. The lowest BCUT2D eigenvalue weighted by Gasteiger charge is -2.58. The summed E-state index contributed by atoms with van der Waals surface area (Å²) in [6.07, 6.45) is 8.46. The molecule has 0 saturated heterocycles. The van der Waals surface area contributed by atoms with Crippen molar-refractivity contribution in [1.82, 2.24) is 20.2 Å². The average Bonchev–Trinajstić information content (AvgIpc) is 3.32. The van der Waals surface area contributed by atoms with E-state index in [-0.39, 0.29) is 17.8 Å². The van der Waals surface area contributed by atoms with E-state index in [1.165, 1.54) is 0 Å². The molecule has 9 nitrogen and oxygen atoms in total. The molecule has 4 bridgehead atoms. The van der Waals surface area contributed by atoms with E-state index in [0.29, 0.717) is 23.3 Å². The van der Waals surface area contributed by atoms with Crippen LogP contribution in [-0.2, 0) is 0 Å². The lowest BCUT2D eigenvalue weighted by atomic mass is 9.52. The van der Waals surface area contributed by atoms with Gasteiger partial charge in [-0.2, -0.15) is 0 Å². The molecule has 0 aromatic carbocycles. The van der Waals surface area contributed by atoms with Gasteiger partial charge in [0.2, 0.25) is 0 Å². The Morgan fingerprint density at radius 3 is 2.76 bits per heavy atom. The molecule has 3 aromatic rings. The first-order valence-corrected chi connectivity index (χ1v) is 10.1. The van der Waals surface area contributed by atoms with Crippen molar-refractivity contribution in [2.75, 3.05) is 5.32 Å². The highest BCUT2D eigenvalue weighted by molar-refractivity contribution is 5.97. The highest BCUT2D eigenvalue weighted by Gasteiger charge is 2.54. The normalized spacial score (nSPS) is 32.7. The van der Waals surface area contributed by atoms with Gasteiger partial charge in [-0.15, -0.1) is 10.2 Å². The molecule has 4 aliphatic rings. The number of carbonyl (C=O) groups is 1. The number of anilines is 1. The Bertz CT molecular complexity index is 1100. The van der Waals surface area contributed by atoms with Crippen molar-refractivity contribution < 1.29 is 14.3 Å². The number of H-pyrrole nitrogens is 1. The van der Waals surface area contributed by atoms with Crippen molar-refractivity contribution in [3.8, 4) is 11.5 Å². The van der Waals surface area contributed by atoms with Crippen molar-refractivity contribution in [2.24, 2.45) is 23.5 Å². The van der Waals surface area contributed by atoms with E-state index >= 15 is 0 Å². The standard InChI is InChI=1S/C20H22N6O3/c21-16(27)19-26-25-18(29-19)13-8-23-17-12(1-2-22-17)15(13)24-14-10-3-9-4-11(14)7-20(28,5-9)6-10/h1-2,8-11,14,28H,3-7H2,(H2,21,27)(H2,22,23,24)/t9?,10-,11+,14?,20?. The van der Waals surface area contributed by atoms with Crippen LogP contribution in [0.5, 0.6) is 0 Å². The zero-order valence-corrected chi connectivity index (χ0v) is 15.8. The number of nitrogens with zero attached hydrogens (tertiary/aromatic N) is 3. The van der Waals surface area contributed by atoms with Crippen LogP contribution < -0.4 is 11.1 Å². The highest BCUT2D eigenvalue weighted by Crippen LogP contribution is 2.56. The quantitative estimate of drug-likeness (QED) is 0.530. The van der Waals surface area contributed by atoms with Gasteiger partial charge in [-0.3, -0.25) is 4.79 Å². The van der Waals surface area contributed by atoms with Crippen molar-refractivity contribution in [3.63, 3.8) is 0 Å². The predicted molar refractivity (Wildman–Crippen MR) is 104 cm³/mol. The minimum atomic E-state index is -0.761. The van der Waals surface area contributed by atoms with E-state index in [1.54, 1.807) is 6.20 Å². The first-order chi connectivity index (χ1) is 14.0. The van der Waals surface area contributed by atoms with Gasteiger partial charge in [0.15, 0.2) is 0 Å². The van der Waals surface area contributed by atoms with Gasteiger partial charge < -0.3 is 25.6 Å². The molecule has 0 radical (unpaired) electrons. The molecule has 3 aromatic heterocycles. The van der Waals surface area contributed by atoms with Crippen LogP contribution in [0.1, 0.15) is 42.8 Å². The minimum Gasteiger partial charge on any atom is -0.412 e. The predicted octanol–water partition coefficient (Wildman–Crippen LogP) is 2.06. The third-order valence-electron chi connectivity index (χ3n) is 7.00. The average molecular weight is 394 g/mol. The summed E-state index contributed by atoms with van der Waals surface area (Å²) in [5.41, 5.74) is 7.04. The maximum atomic E-state index is 11.4. The Hall–Kier alpha value is -2.94. The van der Waals surface area contributed by atoms with Crippen LogP contribution in [0, 0.1) is 17.8 Å². The molecule has 0 aliphatic heterocycles. The number of hydrogen-bond donors (Lipinski definition) is 4. The zero-order chi connectivity index (χ0) is 19.8. The van der Waals surface area contributed by atoms with Gasteiger partial charge in [0, 0.05) is 23.8 Å². The number of aromatic amines is 1. The summed E-state index contributed by atoms with van der Waals surface area (Å²) in [7, 11) is 0. The zero-order valence-electron chi connectivity index (χ0n) is 15.8. The van der Waals surface area contributed by atoms with E-state index in [4.69, 9.17) is 10.2 Å². The molecule has 7 rings (SSSR count). The Morgan fingerprint density at radius 2 is 2.07 bits per heavy atom. The summed E-state index contributed by atoms with van der Waals surface area (Å²) in [4.78, 5) is 19.0. The SMILES string of the molecule is NC(=O)c1nnc(-c2cnc3[nH]ccc3c2NC2[C@@H]3CC4C[C@H]2CC(O)(C4)C3)o1. The smallest absolute Gasteiger partial charge is 0.306 e. The van der Waals surface area contributed by atoms with Gasteiger partial charge in [0.1, 0.15) is 5.65 Å². The van der Waals surface area contributed by atoms with Crippen LogP contribution in [0.15, 0.2) is 22.9 Å². The molecule has 29 heavy (non-hydrogen) atoms. The summed E-state index contributed by atoms with van der Waals surface area (Å²) < 4.78 is 5.49. The molecule has 1 amide bonds. The van der Waals surface area contributed by atoms with Gasteiger partial charge in [0.25, 0.3) is 5.89 Å². The van der Waals surface area contributed by atoms with Gasteiger partial charge in [-0.1, -0.05) is 0 Å². The van der Waals surface area contributed by atoms with Crippen LogP contribution in [-0.4, -0.2) is 42.8 Å². The monoisotopic (exact) mass is 394 g/mol. The fourth-order valence-corrected chi connectivity index (χ4v) is 6.14. The first kappa shape index (κ1) is 17.0. The summed E-state index contributed by atoms with van der Waals surface area (Å²) in [5.74, 6) is 0.726. The van der Waals surface area contributed by atoms with Crippen molar-refractivity contribution in [1.29, 1.82) is 0 Å². The van der Waals surface area contributed by atoms with E-state index < -0.39 is 11.5 Å². The van der Waals surface area contributed by atoms with Crippen molar-refractivity contribution in [2.45, 2.75) is 43.7 Å². The van der Waals surface area contributed by atoms with Gasteiger partial charge in [-0.05, 0) is 55.9 Å². The molecule has 9 heteroatoms. The second kappa shape index (κ2) is 5.79. The van der Waals surface area contributed by atoms with E-state index in [0.717, 1.165) is 48.8 Å². The number of pyridine rings is 1. The van der Waals surface area contributed by atoms with Crippen LogP contribution >= 0.6 is 0 Å². The Kier molecular flexibility index (Phi) is 3.39. The Morgan fingerprint density at radius 1 is 1.28 bits per heavy atom. The number of nitrogens with one attached hydrogen (secondary N) is 2. The Labute approximate surface area is 166 Å². The molecule has 5 atom stereocenters. The molecule has 3 heterocycles. The summed E-state index contributed by atoms with van der Waals surface area (Å²) >= 11 is 0. The van der Waals surface area contributed by atoms with E-state index in [9.17, 15) is 9.90 Å². The second-order valence-electron chi connectivity index (χ2n) is 8.93. The number of primary amides is 1. The molecule has 150 valence electrons. The number of nitrogens with two attached hydrogens (primary N) is 1. The van der Waals surface area contributed by atoms with Crippen molar-refractivity contribution >= 4 is 22.6 Å². The van der Waals surface area contributed by atoms with E-state index in [1.807, 2.05) is 12.3 Å². The summed E-state index contributed by atoms with van der Waals surface area (Å²) in [6.45, 7) is 0. The van der Waals surface area contributed by atoms with Crippen LogP contribution in [0.25, 0.3) is 22.5 Å². The van der Waals surface area contributed by atoms with Gasteiger partial charge in [-0.25, -0.2) is 4.98 Å². The van der Waals surface area contributed by atoms with Gasteiger partial charge >= 0.3 is 11.8 Å². The molecule has 4 aliphatic carbocycles. The number of fused-ring (bicyclic) bond motifs is 1. The van der Waals surface area contributed by atoms with Crippen LogP contribution in [0.4, 0.5) is 5.69 Å². The molecule has 5 N–H and O–H groups in total. The third-order valence-corrected chi connectivity index (χ3v) is 7.00. The Balaban J connectivity index is 1.42. The minimum absolute atomic E-state index is 0.208. The number of aromatic nitrogens is 4. The molecule has 4 fully saturated rings. The number of rotatable bonds is 4. The molecule has 0 spiro atoms. The lowest BCUT2D eigenvalue weighted by molar-refractivity contribution is -0.129. The number of carbonyl (C=O) groups excluding carboxylic acids is 1.